The average molecular weight is 498 g/mol. The molecule has 0 unspecified atom stereocenters. The Balaban J connectivity index is 1.41. The first-order valence-electron chi connectivity index (χ1n) is 11.8. The molecule has 5 rings (SSSR count). The fraction of sp³-hybridized carbons (Fsp3) is 0.423. The smallest absolute Gasteiger partial charge is 0.234 e. The lowest BCUT2D eigenvalue weighted by atomic mass is 10.0. The highest BCUT2D eigenvalue weighted by molar-refractivity contribution is 6.31. The van der Waals surface area contributed by atoms with Crippen LogP contribution < -0.4 is 18.9 Å². The maximum absolute atomic E-state index is 12.3. The monoisotopic (exact) mass is 497 g/mol. The fourth-order valence-corrected chi connectivity index (χ4v) is 4.22. The largest absolute Gasteiger partial charge is 0.488 e. The lowest BCUT2D eigenvalue weighted by Crippen LogP contribution is -2.21. The highest BCUT2D eigenvalue weighted by Crippen LogP contribution is 2.48. The molecule has 184 valence electrons. The first kappa shape index (κ1) is 23.6. The molecule has 1 aliphatic carbocycles. The zero-order valence-electron chi connectivity index (χ0n) is 19.9. The van der Waals surface area contributed by atoms with Crippen molar-refractivity contribution in [3.63, 3.8) is 0 Å². The summed E-state index contributed by atoms with van der Waals surface area (Å²) in [4.78, 5) is 23.1. The number of fused-ring (bicyclic) bond motifs is 3. The number of nitrogens with zero attached hydrogens (tertiary/aromatic N) is 3. The van der Waals surface area contributed by atoms with E-state index in [1.54, 1.807) is 12.1 Å². The summed E-state index contributed by atoms with van der Waals surface area (Å²) in [5.74, 6) is 3.20. The zero-order chi connectivity index (χ0) is 24.4. The Morgan fingerprint density at radius 2 is 1.94 bits per heavy atom. The fourth-order valence-electron chi connectivity index (χ4n) is 3.98. The minimum absolute atomic E-state index is 0.220. The molecule has 8 nitrogen and oxygen atoms in total. The predicted molar refractivity (Wildman–Crippen MR) is 132 cm³/mol. The van der Waals surface area contributed by atoms with Gasteiger partial charge in [-0.05, 0) is 50.6 Å². The van der Waals surface area contributed by atoms with Gasteiger partial charge in [0, 0.05) is 30.5 Å². The van der Waals surface area contributed by atoms with Gasteiger partial charge < -0.3 is 23.8 Å². The van der Waals surface area contributed by atoms with Crippen LogP contribution in [0.2, 0.25) is 5.02 Å². The molecule has 1 aliphatic heterocycles. The van der Waals surface area contributed by atoms with Gasteiger partial charge in [0.2, 0.25) is 11.6 Å². The van der Waals surface area contributed by atoms with Crippen molar-refractivity contribution in [1.82, 2.24) is 14.9 Å². The molecule has 0 atom stereocenters. The Hall–Kier alpha value is -3.10. The summed E-state index contributed by atoms with van der Waals surface area (Å²) in [5, 5.41) is 1.09. The number of carbonyl (C=O) groups is 1. The van der Waals surface area contributed by atoms with E-state index in [1.165, 1.54) is 6.33 Å². The second kappa shape index (κ2) is 10.3. The summed E-state index contributed by atoms with van der Waals surface area (Å²) in [6.07, 6.45) is 4.71. The SMILES string of the molecule is CN(C)CCOc1cc2ncnc(Oc3ccc(CC(=O)CC4CC4)c(Cl)c3)c2c2c1OCCO2. The molecule has 1 fully saturated rings. The highest BCUT2D eigenvalue weighted by Gasteiger charge is 2.26. The van der Waals surface area contributed by atoms with Crippen LogP contribution in [0.4, 0.5) is 0 Å². The number of likely N-dealkylation sites (N-methyl/N-ethyl adjacent to an activating group) is 1. The minimum Gasteiger partial charge on any atom is -0.488 e. The topological polar surface area (TPSA) is 83.0 Å². The number of ether oxygens (including phenoxy) is 4. The second-order valence-corrected chi connectivity index (χ2v) is 9.58. The van der Waals surface area contributed by atoms with Crippen LogP contribution in [0.25, 0.3) is 10.9 Å². The Bertz CT molecular complexity index is 1250. The van der Waals surface area contributed by atoms with Gasteiger partial charge in [-0.1, -0.05) is 17.7 Å². The van der Waals surface area contributed by atoms with Crippen molar-refractivity contribution in [3.8, 4) is 28.9 Å². The van der Waals surface area contributed by atoms with E-state index < -0.39 is 0 Å². The molecular weight excluding hydrogens is 470 g/mol. The van der Waals surface area contributed by atoms with E-state index in [0.717, 1.165) is 24.9 Å². The molecule has 0 N–H and O–H groups in total. The van der Waals surface area contributed by atoms with Crippen molar-refractivity contribution >= 4 is 28.3 Å². The third-order valence-corrected chi connectivity index (χ3v) is 6.33. The van der Waals surface area contributed by atoms with Crippen LogP contribution in [0.1, 0.15) is 24.8 Å². The third kappa shape index (κ3) is 5.60. The van der Waals surface area contributed by atoms with Crippen molar-refractivity contribution in [2.24, 2.45) is 5.92 Å². The Kier molecular flexibility index (Phi) is 6.92. The van der Waals surface area contributed by atoms with E-state index in [9.17, 15) is 4.79 Å². The van der Waals surface area contributed by atoms with Gasteiger partial charge in [-0.3, -0.25) is 4.79 Å². The number of Topliss-reactive ketones (excluding diaryl/α,β-unsaturated/α-hetero) is 1. The van der Waals surface area contributed by atoms with E-state index in [-0.39, 0.29) is 5.78 Å². The van der Waals surface area contributed by atoms with Crippen LogP contribution in [0.3, 0.4) is 0 Å². The molecule has 0 saturated heterocycles. The lowest BCUT2D eigenvalue weighted by molar-refractivity contribution is -0.118. The van der Waals surface area contributed by atoms with E-state index in [1.807, 2.05) is 31.1 Å². The number of ketones is 1. The van der Waals surface area contributed by atoms with Gasteiger partial charge in [0.25, 0.3) is 0 Å². The van der Waals surface area contributed by atoms with E-state index in [4.69, 9.17) is 30.5 Å². The van der Waals surface area contributed by atoms with Gasteiger partial charge in [-0.15, -0.1) is 0 Å². The Morgan fingerprint density at radius 3 is 2.69 bits per heavy atom. The molecule has 0 bridgehead atoms. The molecule has 2 heterocycles. The normalized spacial score (nSPS) is 14.9. The number of halogens is 1. The summed E-state index contributed by atoms with van der Waals surface area (Å²) in [6, 6.07) is 7.14. The molecule has 0 amide bonds. The summed E-state index contributed by atoms with van der Waals surface area (Å²) in [5.41, 5.74) is 1.42. The number of benzene rings is 2. The molecule has 35 heavy (non-hydrogen) atoms. The minimum atomic E-state index is 0.220. The highest BCUT2D eigenvalue weighted by atomic mass is 35.5. The number of hydrogen-bond donors (Lipinski definition) is 0. The van der Waals surface area contributed by atoms with Crippen LogP contribution in [0.5, 0.6) is 28.9 Å². The number of aromatic nitrogens is 2. The van der Waals surface area contributed by atoms with E-state index >= 15 is 0 Å². The maximum atomic E-state index is 12.3. The average Bonchev–Trinajstić information content (AvgIpc) is 3.64. The van der Waals surface area contributed by atoms with Crippen LogP contribution >= 0.6 is 11.6 Å². The first-order chi connectivity index (χ1) is 17.0. The zero-order valence-corrected chi connectivity index (χ0v) is 20.6. The van der Waals surface area contributed by atoms with Crippen molar-refractivity contribution in [2.75, 3.05) is 40.5 Å². The third-order valence-electron chi connectivity index (χ3n) is 5.98. The predicted octanol–water partition coefficient (Wildman–Crippen LogP) is 4.70. The molecular formula is C26H28ClN3O5. The van der Waals surface area contributed by atoms with Crippen molar-refractivity contribution < 1.29 is 23.7 Å². The Morgan fingerprint density at radius 1 is 1.14 bits per heavy atom. The van der Waals surface area contributed by atoms with E-state index in [2.05, 4.69) is 9.97 Å². The molecule has 0 radical (unpaired) electrons. The van der Waals surface area contributed by atoms with Crippen LogP contribution in [-0.4, -0.2) is 61.1 Å². The van der Waals surface area contributed by atoms with Crippen molar-refractivity contribution in [2.45, 2.75) is 25.7 Å². The summed E-state index contributed by atoms with van der Waals surface area (Å²) in [7, 11) is 3.97. The van der Waals surface area contributed by atoms with Crippen LogP contribution in [0, 0.1) is 5.92 Å². The standard InChI is InChI=1S/C26H28ClN3O5/c1-30(2)7-8-32-22-14-21-23(25-24(22)33-9-10-34-25)26(29-15-28-21)35-19-6-5-17(20(27)13-19)12-18(31)11-16-3-4-16/h5-6,13-16H,3-4,7-12H2,1-2H3. The second-order valence-electron chi connectivity index (χ2n) is 9.17. The lowest BCUT2D eigenvalue weighted by Gasteiger charge is -2.23. The summed E-state index contributed by atoms with van der Waals surface area (Å²) in [6.45, 7) is 2.07. The van der Waals surface area contributed by atoms with Gasteiger partial charge >= 0.3 is 0 Å². The van der Waals surface area contributed by atoms with Gasteiger partial charge in [0.1, 0.15) is 43.1 Å². The molecule has 2 aliphatic rings. The van der Waals surface area contributed by atoms with Crippen molar-refractivity contribution in [3.05, 3.63) is 41.2 Å². The van der Waals surface area contributed by atoms with Crippen LogP contribution in [0.15, 0.2) is 30.6 Å². The van der Waals surface area contributed by atoms with Crippen molar-refractivity contribution in [1.29, 1.82) is 0 Å². The molecule has 2 aromatic carbocycles. The number of rotatable bonds is 10. The van der Waals surface area contributed by atoms with Gasteiger partial charge in [-0.2, -0.15) is 0 Å². The molecule has 3 aromatic rings. The maximum Gasteiger partial charge on any atom is 0.234 e. The molecule has 1 saturated carbocycles. The number of carbonyl (C=O) groups excluding carboxylic acids is 1. The quantitative estimate of drug-likeness (QED) is 0.398. The van der Waals surface area contributed by atoms with Gasteiger partial charge in [0.05, 0.1) is 5.52 Å². The Labute approximate surface area is 209 Å². The molecule has 1 aromatic heterocycles. The number of hydrogen-bond acceptors (Lipinski definition) is 8. The summed E-state index contributed by atoms with van der Waals surface area (Å²) < 4.78 is 24.0. The van der Waals surface area contributed by atoms with Gasteiger partial charge in [-0.25, -0.2) is 9.97 Å². The molecule has 0 spiro atoms. The van der Waals surface area contributed by atoms with Crippen LogP contribution in [-0.2, 0) is 11.2 Å². The van der Waals surface area contributed by atoms with E-state index in [0.29, 0.717) is 83.4 Å². The van der Waals surface area contributed by atoms with Gasteiger partial charge in [0.15, 0.2) is 11.5 Å². The summed E-state index contributed by atoms with van der Waals surface area (Å²) >= 11 is 6.49. The first-order valence-corrected chi connectivity index (χ1v) is 12.2. The molecule has 9 heteroatoms.